The Balaban J connectivity index is 2.85. The van der Waals surface area contributed by atoms with Crippen LogP contribution in [0.5, 0.6) is 0 Å². The second-order valence-corrected chi connectivity index (χ2v) is 6.76. The summed E-state index contributed by atoms with van der Waals surface area (Å²) in [7, 11) is -3.46. The first kappa shape index (κ1) is 13.5. The molecule has 0 saturated carbocycles. The highest BCUT2D eigenvalue weighted by molar-refractivity contribution is 7.89. The van der Waals surface area contributed by atoms with E-state index in [1.54, 1.807) is 6.07 Å². The van der Waals surface area contributed by atoms with E-state index in [1.165, 1.54) is 0 Å². The van der Waals surface area contributed by atoms with E-state index >= 15 is 0 Å². The lowest BCUT2D eigenvalue weighted by Crippen LogP contribution is -2.30. The van der Waals surface area contributed by atoms with Gasteiger partial charge in [-0.25, -0.2) is 13.6 Å². The first-order valence-corrected chi connectivity index (χ1v) is 7.03. The van der Waals surface area contributed by atoms with Crippen molar-refractivity contribution in [2.45, 2.75) is 20.3 Å². The maximum absolute atomic E-state index is 11.1. The van der Waals surface area contributed by atoms with Crippen molar-refractivity contribution in [3.63, 3.8) is 0 Å². The van der Waals surface area contributed by atoms with E-state index < -0.39 is 15.4 Å². The summed E-state index contributed by atoms with van der Waals surface area (Å²) in [6.07, 6.45) is 0.586. The highest BCUT2D eigenvalue weighted by atomic mass is 35.5. The van der Waals surface area contributed by atoms with E-state index in [-0.39, 0.29) is 5.75 Å². The molecule has 5 heteroatoms. The highest BCUT2D eigenvalue weighted by Gasteiger charge is 2.25. The van der Waals surface area contributed by atoms with E-state index in [0.29, 0.717) is 11.4 Å². The number of sulfonamides is 1. The lowest BCUT2D eigenvalue weighted by atomic mass is 9.88. The quantitative estimate of drug-likeness (QED) is 0.903. The summed E-state index contributed by atoms with van der Waals surface area (Å²) in [6.45, 7) is 3.72. The molecule has 0 aliphatic carbocycles. The van der Waals surface area contributed by atoms with Crippen molar-refractivity contribution >= 4 is 21.6 Å². The minimum absolute atomic E-state index is 0.0504. The first-order chi connectivity index (χ1) is 7.20. The standard InChI is InChI=1S/C11H16ClNO2S/c1-11(2,8-16(13,14)15)7-9-5-3-4-6-10(9)12/h3-6H,7-8H2,1-2H3,(H2,13,14,15). The molecular formula is C11H16ClNO2S. The zero-order valence-electron chi connectivity index (χ0n) is 9.40. The lowest BCUT2D eigenvalue weighted by molar-refractivity contribution is 0.409. The Morgan fingerprint density at radius 3 is 2.38 bits per heavy atom. The lowest BCUT2D eigenvalue weighted by Gasteiger charge is -2.23. The average molecular weight is 262 g/mol. The van der Waals surface area contributed by atoms with Crippen LogP contribution in [0.1, 0.15) is 19.4 Å². The van der Waals surface area contributed by atoms with Gasteiger partial charge in [-0.1, -0.05) is 43.6 Å². The Kier molecular flexibility index (Phi) is 3.99. The summed E-state index contributed by atoms with van der Waals surface area (Å²) in [5.41, 5.74) is 0.524. The molecule has 0 bridgehead atoms. The summed E-state index contributed by atoms with van der Waals surface area (Å²) in [6, 6.07) is 7.42. The fraction of sp³-hybridized carbons (Fsp3) is 0.455. The summed E-state index contributed by atoms with van der Waals surface area (Å²) in [5, 5.41) is 5.71. The average Bonchev–Trinajstić information content (AvgIpc) is 2.04. The van der Waals surface area contributed by atoms with Crippen LogP contribution in [0, 0.1) is 5.41 Å². The first-order valence-electron chi connectivity index (χ1n) is 4.93. The summed E-state index contributed by atoms with van der Waals surface area (Å²) < 4.78 is 22.1. The van der Waals surface area contributed by atoms with Crippen LogP contribution in [0.3, 0.4) is 0 Å². The van der Waals surface area contributed by atoms with Gasteiger partial charge in [-0.2, -0.15) is 0 Å². The van der Waals surface area contributed by atoms with Crippen LogP contribution < -0.4 is 5.14 Å². The molecule has 0 fully saturated rings. The van der Waals surface area contributed by atoms with Crippen LogP contribution in [0.25, 0.3) is 0 Å². The van der Waals surface area contributed by atoms with Crippen LogP contribution >= 0.6 is 11.6 Å². The minimum atomic E-state index is -3.46. The fourth-order valence-corrected chi connectivity index (χ4v) is 3.15. The zero-order valence-corrected chi connectivity index (χ0v) is 11.0. The number of halogens is 1. The fourth-order valence-electron chi connectivity index (χ4n) is 1.75. The molecule has 1 aromatic carbocycles. The molecule has 0 spiro atoms. The molecule has 16 heavy (non-hydrogen) atoms. The Bertz CT molecular complexity index is 469. The van der Waals surface area contributed by atoms with E-state index in [4.69, 9.17) is 16.7 Å². The molecule has 0 saturated heterocycles. The van der Waals surface area contributed by atoms with E-state index in [9.17, 15) is 8.42 Å². The van der Waals surface area contributed by atoms with Gasteiger partial charge in [-0.3, -0.25) is 0 Å². The predicted octanol–water partition coefficient (Wildman–Crippen LogP) is 2.20. The molecule has 1 aromatic rings. The molecule has 0 aromatic heterocycles. The molecule has 0 aliphatic rings. The van der Waals surface area contributed by atoms with Crippen LogP contribution in [0.4, 0.5) is 0 Å². The van der Waals surface area contributed by atoms with Crippen LogP contribution in [0.15, 0.2) is 24.3 Å². The van der Waals surface area contributed by atoms with E-state index in [2.05, 4.69) is 0 Å². The molecule has 0 heterocycles. The van der Waals surface area contributed by atoms with Gasteiger partial charge in [0.25, 0.3) is 0 Å². The Labute approximate surface area is 102 Å². The van der Waals surface area contributed by atoms with Gasteiger partial charge in [0, 0.05) is 5.02 Å². The topological polar surface area (TPSA) is 60.2 Å². The molecule has 1 rings (SSSR count). The largest absolute Gasteiger partial charge is 0.229 e. The van der Waals surface area contributed by atoms with Crippen molar-refractivity contribution < 1.29 is 8.42 Å². The third-order valence-electron chi connectivity index (χ3n) is 2.22. The van der Waals surface area contributed by atoms with Crippen molar-refractivity contribution in [1.82, 2.24) is 0 Å². The van der Waals surface area contributed by atoms with Gasteiger partial charge in [0.1, 0.15) is 0 Å². The van der Waals surface area contributed by atoms with Gasteiger partial charge >= 0.3 is 0 Å². The van der Waals surface area contributed by atoms with Crippen molar-refractivity contribution in [3.8, 4) is 0 Å². The molecule has 2 N–H and O–H groups in total. The van der Waals surface area contributed by atoms with Gasteiger partial charge < -0.3 is 0 Å². The van der Waals surface area contributed by atoms with Gasteiger partial charge in [0.05, 0.1) is 5.75 Å². The minimum Gasteiger partial charge on any atom is -0.229 e. The van der Waals surface area contributed by atoms with Crippen LogP contribution in [0.2, 0.25) is 5.02 Å². The number of nitrogens with two attached hydrogens (primary N) is 1. The number of hydrogen-bond acceptors (Lipinski definition) is 2. The van der Waals surface area contributed by atoms with Crippen molar-refractivity contribution in [1.29, 1.82) is 0 Å². The zero-order chi connectivity index (χ0) is 12.4. The molecular weight excluding hydrogens is 246 g/mol. The molecule has 0 atom stereocenters. The number of rotatable bonds is 4. The van der Waals surface area contributed by atoms with Gasteiger partial charge in [-0.15, -0.1) is 0 Å². The Morgan fingerprint density at radius 1 is 1.31 bits per heavy atom. The predicted molar refractivity (Wildman–Crippen MR) is 66.9 cm³/mol. The second-order valence-electron chi connectivity index (χ2n) is 4.74. The monoisotopic (exact) mass is 261 g/mol. The maximum Gasteiger partial charge on any atom is 0.209 e. The second kappa shape index (κ2) is 4.73. The smallest absolute Gasteiger partial charge is 0.209 e. The molecule has 0 unspecified atom stereocenters. The number of benzene rings is 1. The third-order valence-corrected chi connectivity index (χ3v) is 3.77. The highest BCUT2D eigenvalue weighted by Crippen LogP contribution is 2.27. The molecule has 0 radical (unpaired) electrons. The van der Waals surface area contributed by atoms with Crippen LogP contribution in [-0.2, 0) is 16.4 Å². The SMILES string of the molecule is CC(C)(Cc1ccccc1Cl)CS(N)(=O)=O. The molecule has 0 aliphatic heterocycles. The maximum atomic E-state index is 11.1. The van der Waals surface area contributed by atoms with Gasteiger partial charge in [0.2, 0.25) is 10.0 Å². The summed E-state index contributed by atoms with van der Waals surface area (Å²) >= 11 is 6.02. The molecule has 0 amide bonds. The number of hydrogen-bond donors (Lipinski definition) is 1. The van der Waals surface area contributed by atoms with Crippen molar-refractivity contribution in [2.75, 3.05) is 5.75 Å². The van der Waals surface area contributed by atoms with Crippen molar-refractivity contribution in [3.05, 3.63) is 34.9 Å². The van der Waals surface area contributed by atoms with E-state index in [0.717, 1.165) is 5.56 Å². The van der Waals surface area contributed by atoms with Crippen LogP contribution in [-0.4, -0.2) is 14.2 Å². The van der Waals surface area contributed by atoms with E-state index in [1.807, 2.05) is 32.0 Å². The molecule has 90 valence electrons. The summed E-state index contributed by atoms with van der Waals surface area (Å²) in [5.74, 6) is -0.0504. The third kappa shape index (κ3) is 4.51. The number of primary sulfonamides is 1. The Hall–Kier alpha value is -0.580. The normalized spacial score (nSPS) is 12.8. The van der Waals surface area contributed by atoms with Crippen molar-refractivity contribution in [2.24, 2.45) is 10.6 Å². The molecule has 3 nitrogen and oxygen atoms in total. The van der Waals surface area contributed by atoms with Gasteiger partial charge in [0.15, 0.2) is 0 Å². The Morgan fingerprint density at radius 2 is 1.88 bits per heavy atom. The van der Waals surface area contributed by atoms with Gasteiger partial charge in [-0.05, 0) is 23.5 Å². The summed E-state index contributed by atoms with van der Waals surface area (Å²) in [4.78, 5) is 0.